The van der Waals surface area contributed by atoms with Gasteiger partial charge in [0, 0.05) is 6.04 Å². The molecule has 0 spiro atoms. The predicted octanol–water partition coefficient (Wildman–Crippen LogP) is 4.04. The fraction of sp³-hybridized carbons (Fsp3) is 0.333. The molecule has 1 unspecified atom stereocenters. The van der Waals surface area contributed by atoms with Gasteiger partial charge in [-0.1, -0.05) is 37.3 Å². The second-order valence-corrected chi connectivity index (χ2v) is 4.94. The summed E-state index contributed by atoms with van der Waals surface area (Å²) in [6.07, 6.45) is 1.08. The van der Waals surface area contributed by atoms with Crippen LogP contribution in [0.1, 0.15) is 24.9 Å². The van der Waals surface area contributed by atoms with Crippen LogP contribution in [-0.4, -0.2) is 21.3 Å². The molecule has 0 aliphatic heterocycles. The first-order valence-corrected chi connectivity index (χ1v) is 7.23. The summed E-state index contributed by atoms with van der Waals surface area (Å²) in [4.78, 5) is 0. The number of rotatable bonds is 6. The number of hydrogen-bond donors (Lipinski definition) is 1. The molecular weight excluding hydrogens is 262 g/mol. The molecule has 2 aromatic rings. The normalized spacial score (nSPS) is 12.0. The Bertz CT molecular complexity index is 574. The highest BCUT2D eigenvalue weighted by Crippen LogP contribution is 2.32. The third-order valence-corrected chi connectivity index (χ3v) is 3.79. The fourth-order valence-corrected chi connectivity index (χ4v) is 2.53. The molecule has 21 heavy (non-hydrogen) atoms. The number of methoxy groups -OCH3 is 2. The van der Waals surface area contributed by atoms with Crippen LogP contribution in [-0.2, 0) is 0 Å². The van der Waals surface area contributed by atoms with Crippen LogP contribution < -0.4 is 14.8 Å². The second kappa shape index (κ2) is 7.14. The summed E-state index contributed by atoms with van der Waals surface area (Å²) >= 11 is 0. The number of benzene rings is 2. The third kappa shape index (κ3) is 3.37. The monoisotopic (exact) mass is 285 g/mol. The van der Waals surface area contributed by atoms with Crippen molar-refractivity contribution in [1.82, 2.24) is 5.32 Å². The van der Waals surface area contributed by atoms with Crippen molar-refractivity contribution < 1.29 is 9.47 Å². The van der Waals surface area contributed by atoms with Gasteiger partial charge in [0.05, 0.1) is 14.2 Å². The van der Waals surface area contributed by atoms with Gasteiger partial charge in [0.25, 0.3) is 0 Å². The first-order chi connectivity index (χ1) is 10.2. The van der Waals surface area contributed by atoms with Crippen LogP contribution in [0.15, 0.2) is 42.5 Å². The summed E-state index contributed by atoms with van der Waals surface area (Å²) in [6.45, 7) is 2.18. The van der Waals surface area contributed by atoms with E-state index < -0.39 is 0 Å². The molecule has 0 bridgehead atoms. The molecule has 0 saturated heterocycles. The molecule has 0 heterocycles. The molecule has 1 atom stereocenters. The van der Waals surface area contributed by atoms with E-state index in [0.717, 1.165) is 23.5 Å². The molecule has 1 N–H and O–H groups in total. The summed E-state index contributed by atoms with van der Waals surface area (Å²) < 4.78 is 10.6. The highest BCUT2D eigenvalue weighted by atomic mass is 16.5. The van der Waals surface area contributed by atoms with Crippen molar-refractivity contribution in [3.05, 3.63) is 48.0 Å². The summed E-state index contributed by atoms with van der Waals surface area (Å²) in [5.74, 6) is 1.50. The highest BCUT2D eigenvalue weighted by molar-refractivity contribution is 5.67. The number of nitrogens with one attached hydrogen (secondary N) is 1. The Morgan fingerprint density at radius 2 is 1.52 bits per heavy atom. The first kappa shape index (κ1) is 15.4. The van der Waals surface area contributed by atoms with Gasteiger partial charge >= 0.3 is 0 Å². The van der Waals surface area contributed by atoms with E-state index in [1.54, 1.807) is 14.2 Å². The van der Waals surface area contributed by atoms with Crippen LogP contribution in [0.4, 0.5) is 0 Å². The SMILES string of the molecule is CCC(NC)c1ccc(-c2ccc(OC)c(OC)c2)cc1. The lowest BCUT2D eigenvalue weighted by molar-refractivity contribution is 0.355. The van der Waals surface area contributed by atoms with Gasteiger partial charge in [0.15, 0.2) is 11.5 Å². The lowest BCUT2D eigenvalue weighted by Gasteiger charge is -2.15. The molecule has 112 valence electrons. The summed E-state index contributed by atoms with van der Waals surface area (Å²) in [5, 5.41) is 3.32. The largest absolute Gasteiger partial charge is 0.493 e. The van der Waals surface area contributed by atoms with E-state index in [1.165, 1.54) is 11.1 Å². The van der Waals surface area contributed by atoms with Crippen molar-refractivity contribution in [2.24, 2.45) is 0 Å². The van der Waals surface area contributed by atoms with Crippen LogP contribution in [0, 0.1) is 0 Å². The van der Waals surface area contributed by atoms with Gasteiger partial charge in [-0.15, -0.1) is 0 Å². The molecule has 0 fully saturated rings. The fourth-order valence-electron chi connectivity index (χ4n) is 2.53. The highest BCUT2D eigenvalue weighted by Gasteiger charge is 2.08. The van der Waals surface area contributed by atoms with Crippen LogP contribution in [0.3, 0.4) is 0 Å². The van der Waals surface area contributed by atoms with Crippen molar-refractivity contribution in [3.8, 4) is 22.6 Å². The van der Waals surface area contributed by atoms with Gasteiger partial charge in [-0.3, -0.25) is 0 Å². The summed E-state index contributed by atoms with van der Waals surface area (Å²) in [7, 11) is 5.30. The molecular formula is C18H23NO2. The zero-order valence-electron chi connectivity index (χ0n) is 13.1. The molecule has 0 aliphatic carbocycles. The van der Waals surface area contributed by atoms with Gasteiger partial charge in [-0.05, 0) is 42.3 Å². The van der Waals surface area contributed by atoms with Crippen molar-refractivity contribution in [2.75, 3.05) is 21.3 Å². The smallest absolute Gasteiger partial charge is 0.161 e. The minimum atomic E-state index is 0.407. The third-order valence-electron chi connectivity index (χ3n) is 3.79. The minimum Gasteiger partial charge on any atom is -0.493 e. The lowest BCUT2D eigenvalue weighted by atomic mass is 9.99. The number of hydrogen-bond acceptors (Lipinski definition) is 3. The van der Waals surface area contributed by atoms with Crippen molar-refractivity contribution in [2.45, 2.75) is 19.4 Å². The average molecular weight is 285 g/mol. The molecule has 0 aliphatic rings. The Hall–Kier alpha value is -2.00. The van der Waals surface area contributed by atoms with Gasteiger partial charge in [0.2, 0.25) is 0 Å². The average Bonchev–Trinajstić information content (AvgIpc) is 2.56. The molecule has 2 rings (SSSR count). The number of ether oxygens (including phenoxy) is 2. The molecule has 0 amide bonds. The Balaban J connectivity index is 2.30. The van der Waals surface area contributed by atoms with Gasteiger partial charge in [0.1, 0.15) is 0 Å². The Morgan fingerprint density at radius 1 is 0.905 bits per heavy atom. The Labute approximate surface area is 126 Å². The maximum Gasteiger partial charge on any atom is 0.161 e. The van der Waals surface area contributed by atoms with E-state index in [0.29, 0.717) is 6.04 Å². The quantitative estimate of drug-likeness (QED) is 0.869. The van der Waals surface area contributed by atoms with Crippen molar-refractivity contribution >= 4 is 0 Å². The summed E-state index contributed by atoms with van der Waals surface area (Å²) in [5.41, 5.74) is 3.60. The Morgan fingerprint density at radius 3 is 2.05 bits per heavy atom. The van der Waals surface area contributed by atoms with E-state index in [2.05, 4.69) is 36.5 Å². The zero-order valence-corrected chi connectivity index (χ0v) is 13.1. The Kier molecular flexibility index (Phi) is 5.23. The van der Waals surface area contributed by atoms with E-state index in [9.17, 15) is 0 Å². The van der Waals surface area contributed by atoms with Crippen LogP contribution >= 0.6 is 0 Å². The molecule has 0 radical (unpaired) electrons. The standard InChI is InChI=1S/C18H23NO2/c1-5-16(19-2)14-8-6-13(7-9-14)15-10-11-17(20-3)18(12-15)21-4/h6-12,16,19H,5H2,1-4H3. The maximum atomic E-state index is 5.36. The van der Waals surface area contributed by atoms with Crippen LogP contribution in [0.25, 0.3) is 11.1 Å². The predicted molar refractivity (Wildman–Crippen MR) is 87.1 cm³/mol. The van der Waals surface area contributed by atoms with Gasteiger partial charge in [-0.25, -0.2) is 0 Å². The first-order valence-electron chi connectivity index (χ1n) is 7.23. The van der Waals surface area contributed by atoms with E-state index in [1.807, 2.05) is 25.2 Å². The van der Waals surface area contributed by atoms with E-state index in [-0.39, 0.29) is 0 Å². The topological polar surface area (TPSA) is 30.5 Å². The summed E-state index contributed by atoms with van der Waals surface area (Å²) in [6, 6.07) is 15.0. The van der Waals surface area contributed by atoms with Crippen molar-refractivity contribution in [3.63, 3.8) is 0 Å². The van der Waals surface area contributed by atoms with Crippen LogP contribution in [0.2, 0.25) is 0 Å². The van der Waals surface area contributed by atoms with Gasteiger partial charge < -0.3 is 14.8 Å². The molecule has 3 nitrogen and oxygen atoms in total. The second-order valence-electron chi connectivity index (χ2n) is 4.94. The van der Waals surface area contributed by atoms with E-state index in [4.69, 9.17) is 9.47 Å². The molecule has 0 saturated carbocycles. The van der Waals surface area contributed by atoms with Gasteiger partial charge in [-0.2, -0.15) is 0 Å². The van der Waals surface area contributed by atoms with Crippen molar-refractivity contribution in [1.29, 1.82) is 0 Å². The minimum absolute atomic E-state index is 0.407. The maximum absolute atomic E-state index is 5.36. The van der Waals surface area contributed by atoms with Crippen LogP contribution in [0.5, 0.6) is 11.5 Å². The molecule has 2 aromatic carbocycles. The zero-order chi connectivity index (χ0) is 15.2. The molecule has 3 heteroatoms. The lowest BCUT2D eigenvalue weighted by Crippen LogP contribution is -2.14. The van der Waals surface area contributed by atoms with E-state index >= 15 is 0 Å². The molecule has 0 aromatic heterocycles.